The summed E-state index contributed by atoms with van der Waals surface area (Å²) in [6.45, 7) is 1.13. The van der Waals surface area contributed by atoms with Crippen molar-refractivity contribution in [1.29, 1.82) is 0 Å². The van der Waals surface area contributed by atoms with Gasteiger partial charge in [-0.1, -0.05) is 6.07 Å². The van der Waals surface area contributed by atoms with Crippen LogP contribution in [0.2, 0.25) is 0 Å². The monoisotopic (exact) mass is 345 g/mol. The van der Waals surface area contributed by atoms with E-state index in [0.29, 0.717) is 31.9 Å². The van der Waals surface area contributed by atoms with Gasteiger partial charge in [-0.05, 0) is 24.1 Å². The Morgan fingerprint density at radius 3 is 2.92 bits per heavy atom. The Morgan fingerprint density at radius 2 is 2.16 bits per heavy atom. The Balaban J connectivity index is 1.47. The number of rotatable bonds is 5. The van der Waals surface area contributed by atoms with Crippen molar-refractivity contribution < 1.29 is 19.4 Å². The molecule has 1 aromatic carbocycles. The summed E-state index contributed by atoms with van der Waals surface area (Å²) in [5.74, 6) is 0.207. The summed E-state index contributed by atoms with van der Waals surface area (Å²) in [4.78, 5) is 33.5. The van der Waals surface area contributed by atoms with E-state index in [1.54, 1.807) is 0 Å². The molecule has 1 fully saturated rings. The highest BCUT2D eigenvalue weighted by Gasteiger charge is 2.26. The third-order valence-corrected chi connectivity index (χ3v) is 4.10. The molecule has 1 aliphatic heterocycles. The number of nitrogens with two attached hydrogens (primary N) is 1. The van der Waals surface area contributed by atoms with E-state index in [1.807, 2.05) is 18.2 Å². The Hall–Kier alpha value is -2.94. The van der Waals surface area contributed by atoms with Crippen LogP contribution in [0.1, 0.15) is 5.56 Å². The molecule has 132 valence electrons. The Labute approximate surface area is 144 Å². The number of hydrogen-bond donors (Lipinski definition) is 2. The molecule has 1 saturated heterocycles. The molecule has 25 heavy (non-hydrogen) atoms. The zero-order valence-corrected chi connectivity index (χ0v) is 13.6. The van der Waals surface area contributed by atoms with Gasteiger partial charge in [0.2, 0.25) is 5.91 Å². The number of carbonyl (C=O) groups is 2. The average Bonchev–Trinajstić information content (AvgIpc) is 2.59. The van der Waals surface area contributed by atoms with Crippen LogP contribution >= 0.6 is 0 Å². The SMILES string of the molecule is Nc1ncnc2cc(CCOCN3CCN(C(=O)O)CC3=O)ccc12. The summed E-state index contributed by atoms with van der Waals surface area (Å²) in [6, 6.07) is 5.77. The summed E-state index contributed by atoms with van der Waals surface area (Å²) in [5, 5.41) is 9.70. The van der Waals surface area contributed by atoms with Crippen molar-refractivity contribution >= 4 is 28.7 Å². The largest absolute Gasteiger partial charge is 0.465 e. The highest BCUT2D eigenvalue weighted by atomic mass is 16.5. The topological polar surface area (TPSA) is 122 Å². The summed E-state index contributed by atoms with van der Waals surface area (Å²) in [5.41, 5.74) is 7.63. The first-order chi connectivity index (χ1) is 12.0. The van der Waals surface area contributed by atoms with E-state index >= 15 is 0 Å². The molecule has 3 N–H and O–H groups in total. The van der Waals surface area contributed by atoms with Crippen LogP contribution in [0, 0.1) is 0 Å². The number of fused-ring (bicyclic) bond motifs is 1. The number of carboxylic acid groups (broad SMARTS) is 1. The molecule has 0 atom stereocenters. The minimum atomic E-state index is -1.07. The van der Waals surface area contributed by atoms with Gasteiger partial charge in [0.25, 0.3) is 0 Å². The van der Waals surface area contributed by atoms with E-state index in [4.69, 9.17) is 15.6 Å². The highest BCUT2D eigenvalue weighted by molar-refractivity contribution is 5.88. The van der Waals surface area contributed by atoms with Gasteiger partial charge in [0.05, 0.1) is 12.1 Å². The van der Waals surface area contributed by atoms with E-state index in [-0.39, 0.29) is 19.2 Å². The lowest BCUT2D eigenvalue weighted by atomic mass is 10.1. The quantitative estimate of drug-likeness (QED) is 0.759. The predicted octanol–water partition coefficient (Wildman–Crippen LogP) is 0.551. The van der Waals surface area contributed by atoms with E-state index in [0.717, 1.165) is 21.4 Å². The smallest absolute Gasteiger partial charge is 0.407 e. The fourth-order valence-electron chi connectivity index (χ4n) is 2.65. The molecule has 0 saturated carbocycles. The molecule has 9 nitrogen and oxygen atoms in total. The van der Waals surface area contributed by atoms with Crippen molar-refractivity contribution in [2.75, 3.05) is 38.7 Å². The van der Waals surface area contributed by atoms with Crippen LogP contribution in [0.4, 0.5) is 10.6 Å². The standard InChI is InChI=1S/C16H19N5O4/c17-15-12-2-1-11(7-13(12)18-9-19-15)3-6-25-10-21-5-4-20(16(23)24)8-14(21)22/h1-2,7,9H,3-6,8,10H2,(H,23,24)(H2,17,18,19). The zero-order chi connectivity index (χ0) is 17.8. The molecule has 1 aliphatic rings. The third kappa shape index (κ3) is 3.94. The Morgan fingerprint density at radius 1 is 1.32 bits per heavy atom. The van der Waals surface area contributed by atoms with Crippen molar-refractivity contribution in [2.24, 2.45) is 0 Å². The zero-order valence-electron chi connectivity index (χ0n) is 13.6. The summed E-state index contributed by atoms with van der Waals surface area (Å²) in [7, 11) is 0. The molecular weight excluding hydrogens is 326 g/mol. The van der Waals surface area contributed by atoms with E-state index < -0.39 is 6.09 Å². The van der Waals surface area contributed by atoms with Crippen LogP contribution < -0.4 is 5.73 Å². The van der Waals surface area contributed by atoms with Crippen LogP contribution in [0.3, 0.4) is 0 Å². The number of anilines is 1. The first kappa shape index (κ1) is 16.9. The second-order valence-corrected chi connectivity index (χ2v) is 5.76. The molecule has 0 spiro atoms. The summed E-state index contributed by atoms with van der Waals surface area (Å²) in [6.07, 6.45) is 1.03. The lowest BCUT2D eigenvalue weighted by molar-refractivity contribution is -0.141. The molecule has 0 radical (unpaired) electrons. The van der Waals surface area contributed by atoms with Crippen molar-refractivity contribution in [3.05, 3.63) is 30.1 Å². The predicted molar refractivity (Wildman–Crippen MR) is 89.8 cm³/mol. The number of benzene rings is 1. The van der Waals surface area contributed by atoms with Gasteiger partial charge in [-0.15, -0.1) is 0 Å². The van der Waals surface area contributed by atoms with Gasteiger partial charge in [0.1, 0.15) is 25.4 Å². The van der Waals surface area contributed by atoms with Crippen LogP contribution in [0.15, 0.2) is 24.5 Å². The van der Waals surface area contributed by atoms with Crippen LogP contribution in [0.25, 0.3) is 10.9 Å². The van der Waals surface area contributed by atoms with Gasteiger partial charge in [-0.2, -0.15) is 0 Å². The van der Waals surface area contributed by atoms with Crippen LogP contribution in [-0.2, 0) is 16.0 Å². The van der Waals surface area contributed by atoms with E-state index in [9.17, 15) is 9.59 Å². The number of amides is 2. The Kier molecular flexibility index (Phi) is 4.94. The molecule has 0 aliphatic carbocycles. The molecule has 9 heteroatoms. The number of nitrogen functional groups attached to an aromatic ring is 1. The average molecular weight is 345 g/mol. The number of ether oxygens (including phenoxy) is 1. The molecule has 0 bridgehead atoms. The highest BCUT2D eigenvalue weighted by Crippen LogP contribution is 2.18. The fraction of sp³-hybridized carbons (Fsp3) is 0.375. The molecule has 3 rings (SSSR count). The number of piperazine rings is 1. The first-order valence-corrected chi connectivity index (χ1v) is 7.87. The molecule has 2 amide bonds. The lowest BCUT2D eigenvalue weighted by Crippen LogP contribution is -2.52. The van der Waals surface area contributed by atoms with Gasteiger partial charge in [0.15, 0.2) is 0 Å². The normalized spacial score (nSPS) is 15.0. The van der Waals surface area contributed by atoms with E-state index in [1.165, 1.54) is 11.2 Å². The van der Waals surface area contributed by atoms with Gasteiger partial charge in [-0.25, -0.2) is 14.8 Å². The van der Waals surface area contributed by atoms with Crippen molar-refractivity contribution in [2.45, 2.75) is 6.42 Å². The fourth-order valence-corrected chi connectivity index (χ4v) is 2.65. The van der Waals surface area contributed by atoms with E-state index in [2.05, 4.69) is 9.97 Å². The number of nitrogens with zero attached hydrogens (tertiary/aromatic N) is 4. The number of aromatic nitrogens is 2. The molecule has 1 aromatic heterocycles. The van der Waals surface area contributed by atoms with Gasteiger partial charge >= 0.3 is 6.09 Å². The first-order valence-electron chi connectivity index (χ1n) is 7.87. The maximum Gasteiger partial charge on any atom is 0.407 e. The van der Waals surface area contributed by atoms with Crippen LogP contribution in [0.5, 0.6) is 0 Å². The molecule has 0 unspecified atom stereocenters. The number of carbonyl (C=O) groups excluding carboxylic acids is 1. The van der Waals surface area contributed by atoms with Crippen LogP contribution in [-0.4, -0.2) is 69.8 Å². The van der Waals surface area contributed by atoms with Gasteiger partial charge in [0, 0.05) is 18.5 Å². The van der Waals surface area contributed by atoms with Crippen molar-refractivity contribution in [3.63, 3.8) is 0 Å². The Bertz CT molecular complexity index is 797. The summed E-state index contributed by atoms with van der Waals surface area (Å²) >= 11 is 0. The second kappa shape index (κ2) is 7.31. The van der Waals surface area contributed by atoms with Gasteiger partial charge < -0.3 is 20.5 Å². The maximum atomic E-state index is 11.9. The molecular formula is C16H19N5O4. The minimum Gasteiger partial charge on any atom is -0.465 e. The second-order valence-electron chi connectivity index (χ2n) is 5.76. The van der Waals surface area contributed by atoms with Crippen molar-refractivity contribution in [3.8, 4) is 0 Å². The number of hydrogen-bond acceptors (Lipinski definition) is 6. The van der Waals surface area contributed by atoms with Gasteiger partial charge in [-0.3, -0.25) is 9.69 Å². The third-order valence-electron chi connectivity index (χ3n) is 4.10. The minimum absolute atomic E-state index is 0.121. The summed E-state index contributed by atoms with van der Waals surface area (Å²) < 4.78 is 5.56. The lowest BCUT2D eigenvalue weighted by Gasteiger charge is -2.32. The molecule has 2 heterocycles. The maximum absolute atomic E-state index is 11.9. The molecule has 2 aromatic rings. The van der Waals surface area contributed by atoms with Crippen molar-refractivity contribution in [1.82, 2.24) is 19.8 Å².